The molecule has 1 N–H and O–H groups in total. The molecule has 0 heterocycles. The third kappa shape index (κ3) is 7.34. The van der Waals surface area contributed by atoms with Crippen LogP contribution in [0.2, 0.25) is 0 Å². The summed E-state index contributed by atoms with van der Waals surface area (Å²) in [4.78, 5) is 0. The maximum Gasteiger partial charge on any atom is 0.147 e. The fraction of sp³-hybridized carbons (Fsp3) is 1.00. The van der Waals surface area contributed by atoms with E-state index in [9.17, 15) is 8.42 Å². The molecule has 2 atom stereocenters. The average molecular weight is 279 g/mol. The lowest BCUT2D eigenvalue weighted by molar-refractivity contribution is -0.0359. The van der Waals surface area contributed by atoms with Gasteiger partial charge in [0.1, 0.15) is 9.84 Å². The van der Waals surface area contributed by atoms with E-state index in [-0.39, 0.29) is 23.3 Å². The van der Waals surface area contributed by atoms with Gasteiger partial charge in [-0.1, -0.05) is 27.7 Å². The summed E-state index contributed by atoms with van der Waals surface area (Å²) in [5.41, 5.74) is -0.0135. The number of sulfone groups is 1. The average Bonchev–Trinajstić information content (AvgIpc) is 2.18. The van der Waals surface area contributed by atoms with E-state index in [0.717, 1.165) is 6.54 Å². The molecule has 0 aromatic carbocycles. The molecule has 0 bridgehead atoms. The second kappa shape index (κ2) is 7.46. The molecule has 0 aliphatic heterocycles. The Kier molecular flexibility index (Phi) is 7.40. The van der Waals surface area contributed by atoms with E-state index < -0.39 is 9.84 Å². The smallest absolute Gasteiger partial charge is 0.147 e. The first-order chi connectivity index (χ1) is 8.11. The maximum absolute atomic E-state index is 11.3. The Morgan fingerprint density at radius 2 is 1.78 bits per heavy atom. The van der Waals surface area contributed by atoms with Crippen LogP contribution in [0.1, 0.15) is 41.0 Å². The summed E-state index contributed by atoms with van der Waals surface area (Å²) in [6.45, 7) is 11.8. The van der Waals surface area contributed by atoms with Gasteiger partial charge in [0, 0.05) is 18.9 Å². The Morgan fingerprint density at radius 3 is 2.11 bits per heavy atom. The van der Waals surface area contributed by atoms with Crippen molar-refractivity contribution >= 4 is 9.84 Å². The molecule has 18 heavy (non-hydrogen) atoms. The van der Waals surface area contributed by atoms with Gasteiger partial charge < -0.3 is 10.1 Å². The molecule has 0 saturated carbocycles. The van der Waals surface area contributed by atoms with Gasteiger partial charge in [-0.2, -0.15) is 0 Å². The van der Waals surface area contributed by atoms with Gasteiger partial charge in [-0.15, -0.1) is 0 Å². The van der Waals surface area contributed by atoms with Crippen LogP contribution in [0, 0.1) is 5.41 Å². The molecule has 0 saturated heterocycles. The number of hydrogen-bond donors (Lipinski definition) is 1. The Hall–Kier alpha value is -0.130. The van der Waals surface area contributed by atoms with Crippen LogP contribution in [0.3, 0.4) is 0 Å². The number of rotatable bonds is 8. The van der Waals surface area contributed by atoms with Crippen LogP contribution in [-0.4, -0.2) is 45.7 Å². The quantitative estimate of drug-likeness (QED) is 0.737. The minimum atomic E-state index is -2.93. The van der Waals surface area contributed by atoms with Crippen molar-refractivity contribution in [2.75, 3.05) is 25.2 Å². The predicted molar refractivity (Wildman–Crippen MR) is 76.7 cm³/mol. The zero-order valence-corrected chi connectivity index (χ0v) is 13.4. The van der Waals surface area contributed by atoms with Crippen molar-refractivity contribution in [1.82, 2.24) is 5.32 Å². The van der Waals surface area contributed by atoms with E-state index in [1.807, 2.05) is 13.8 Å². The molecule has 0 aliphatic rings. The molecule has 110 valence electrons. The Morgan fingerprint density at radius 1 is 1.22 bits per heavy atom. The van der Waals surface area contributed by atoms with Crippen LogP contribution in [-0.2, 0) is 14.6 Å². The molecule has 0 aromatic heterocycles. The normalized spacial score (nSPS) is 16.6. The summed E-state index contributed by atoms with van der Waals surface area (Å²) < 4.78 is 28.4. The zero-order valence-electron chi connectivity index (χ0n) is 12.6. The van der Waals surface area contributed by atoms with Crippen molar-refractivity contribution in [3.05, 3.63) is 0 Å². The first-order valence-corrected chi connectivity index (χ1v) is 8.70. The van der Waals surface area contributed by atoms with E-state index in [2.05, 4.69) is 26.1 Å². The monoisotopic (exact) mass is 279 g/mol. The highest BCUT2D eigenvalue weighted by atomic mass is 32.2. The van der Waals surface area contributed by atoms with Crippen LogP contribution >= 0.6 is 0 Å². The minimum absolute atomic E-state index is 0.0135. The van der Waals surface area contributed by atoms with Crippen LogP contribution in [0.5, 0.6) is 0 Å². The lowest BCUT2D eigenvalue weighted by Crippen LogP contribution is -2.49. The van der Waals surface area contributed by atoms with Crippen molar-refractivity contribution < 1.29 is 13.2 Å². The number of hydrogen-bond acceptors (Lipinski definition) is 4. The molecule has 0 aromatic rings. The second-order valence-corrected chi connectivity index (χ2v) is 8.08. The Labute approximate surface area is 112 Å². The van der Waals surface area contributed by atoms with Crippen LogP contribution < -0.4 is 5.32 Å². The molecular weight excluding hydrogens is 250 g/mol. The van der Waals surface area contributed by atoms with E-state index in [4.69, 9.17) is 4.74 Å². The van der Waals surface area contributed by atoms with Gasteiger partial charge in [0.15, 0.2) is 0 Å². The van der Waals surface area contributed by atoms with Crippen molar-refractivity contribution in [1.29, 1.82) is 0 Å². The summed E-state index contributed by atoms with van der Waals surface area (Å²) in [5.74, 6) is 0.199. The molecular formula is C13H29NO3S. The molecule has 0 rings (SSSR count). The first kappa shape index (κ1) is 17.9. The van der Waals surface area contributed by atoms with E-state index in [0.29, 0.717) is 13.0 Å². The van der Waals surface area contributed by atoms with Gasteiger partial charge in [-0.05, 0) is 25.3 Å². The van der Waals surface area contributed by atoms with Crippen molar-refractivity contribution in [3.8, 4) is 0 Å². The second-order valence-electron chi connectivity index (χ2n) is 5.82. The van der Waals surface area contributed by atoms with Crippen molar-refractivity contribution in [2.45, 2.75) is 53.2 Å². The van der Waals surface area contributed by atoms with Crippen LogP contribution in [0.15, 0.2) is 0 Å². The highest BCUT2D eigenvalue weighted by Gasteiger charge is 2.32. The highest BCUT2D eigenvalue weighted by molar-refractivity contribution is 7.90. The molecule has 0 fully saturated rings. The maximum atomic E-state index is 11.3. The fourth-order valence-corrected chi connectivity index (χ4v) is 2.80. The molecule has 0 spiro atoms. The Bertz CT molecular complexity index is 320. The lowest BCUT2D eigenvalue weighted by Gasteiger charge is -2.37. The standard InChI is InChI=1S/C13H29NO3S/c1-7-14-11(9-10-18(6,15)16)12(17-8-2)13(3,4)5/h11-12,14H,7-10H2,1-6H3. The van der Waals surface area contributed by atoms with Crippen LogP contribution in [0.4, 0.5) is 0 Å². The zero-order chi connectivity index (χ0) is 14.4. The summed E-state index contributed by atoms with van der Waals surface area (Å²) in [5, 5.41) is 3.36. The summed E-state index contributed by atoms with van der Waals surface area (Å²) >= 11 is 0. The van der Waals surface area contributed by atoms with Gasteiger partial charge in [-0.3, -0.25) is 0 Å². The number of likely N-dealkylation sites (N-methyl/N-ethyl adjacent to an activating group) is 1. The summed E-state index contributed by atoms with van der Waals surface area (Å²) in [6.07, 6.45) is 1.89. The fourth-order valence-electron chi connectivity index (χ4n) is 2.11. The number of nitrogens with one attached hydrogen (secondary N) is 1. The lowest BCUT2D eigenvalue weighted by atomic mass is 9.83. The summed E-state index contributed by atoms with van der Waals surface area (Å²) in [7, 11) is -2.93. The van der Waals surface area contributed by atoms with E-state index in [1.165, 1.54) is 6.26 Å². The Balaban J connectivity index is 4.80. The predicted octanol–water partition coefficient (Wildman–Crippen LogP) is 1.85. The minimum Gasteiger partial charge on any atom is -0.376 e. The molecule has 0 aliphatic carbocycles. The van der Waals surface area contributed by atoms with Gasteiger partial charge in [0.05, 0.1) is 11.9 Å². The molecule has 4 nitrogen and oxygen atoms in total. The van der Waals surface area contributed by atoms with Gasteiger partial charge in [0.25, 0.3) is 0 Å². The summed E-state index contributed by atoms with van der Waals surface area (Å²) in [6, 6.07) is 0.0738. The SMILES string of the molecule is CCNC(CCS(C)(=O)=O)C(OCC)C(C)(C)C. The molecule has 5 heteroatoms. The van der Waals surface area contributed by atoms with Gasteiger partial charge in [0.2, 0.25) is 0 Å². The highest BCUT2D eigenvalue weighted by Crippen LogP contribution is 2.26. The molecule has 0 amide bonds. The topological polar surface area (TPSA) is 55.4 Å². The molecule has 2 unspecified atom stereocenters. The molecule has 0 radical (unpaired) electrons. The third-order valence-corrected chi connectivity index (χ3v) is 3.81. The van der Waals surface area contributed by atoms with Gasteiger partial charge in [-0.25, -0.2) is 8.42 Å². The van der Waals surface area contributed by atoms with Gasteiger partial charge >= 0.3 is 0 Å². The first-order valence-electron chi connectivity index (χ1n) is 6.64. The van der Waals surface area contributed by atoms with Crippen molar-refractivity contribution in [2.24, 2.45) is 5.41 Å². The number of ether oxygens (including phenoxy) is 1. The third-order valence-electron chi connectivity index (χ3n) is 2.83. The van der Waals surface area contributed by atoms with E-state index in [1.54, 1.807) is 0 Å². The largest absolute Gasteiger partial charge is 0.376 e. The van der Waals surface area contributed by atoms with Crippen molar-refractivity contribution in [3.63, 3.8) is 0 Å². The van der Waals surface area contributed by atoms with E-state index >= 15 is 0 Å². The van der Waals surface area contributed by atoms with Crippen LogP contribution in [0.25, 0.3) is 0 Å².